The number of carbonyl (C=O) groups excluding carboxylic acids is 1. The molecule has 0 aliphatic carbocycles. The Morgan fingerprint density at radius 3 is 2.57 bits per heavy atom. The molecule has 0 aliphatic rings. The van der Waals surface area contributed by atoms with Gasteiger partial charge in [-0.15, -0.1) is 0 Å². The monoisotopic (exact) mass is 433 g/mol. The number of nitrogens with one attached hydrogen (secondary N) is 2. The highest BCUT2D eigenvalue weighted by molar-refractivity contribution is 9.10. The first-order chi connectivity index (χ1) is 11.1. The van der Waals surface area contributed by atoms with Gasteiger partial charge in [-0.2, -0.15) is 5.10 Å². The largest absolute Gasteiger partial charge is 0.347 e. The minimum Gasteiger partial charge on any atom is -0.347 e. The summed E-state index contributed by atoms with van der Waals surface area (Å²) in [6.07, 6.45) is 0. The van der Waals surface area contributed by atoms with Crippen LogP contribution in [0, 0.1) is 0 Å². The van der Waals surface area contributed by atoms with Crippen molar-refractivity contribution in [3.8, 4) is 11.3 Å². The highest BCUT2D eigenvalue weighted by Crippen LogP contribution is 2.20. The van der Waals surface area contributed by atoms with Crippen LogP contribution >= 0.6 is 31.9 Å². The Labute approximate surface area is 150 Å². The van der Waals surface area contributed by atoms with Crippen molar-refractivity contribution in [3.63, 3.8) is 0 Å². The van der Waals surface area contributed by atoms with E-state index in [1.165, 1.54) is 0 Å². The lowest BCUT2D eigenvalue weighted by atomic mass is 10.1. The third-order valence-corrected chi connectivity index (χ3v) is 4.33. The quantitative estimate of drug-likeness (QED) is 0.633. The van der Waals surface area contributed by atoms with Crippen molar-refractivity contribution < 1.29 is 4.79 Å². The maximum atomic E-state index is 12.2. The molecule has 0 fully saturated rings. The zero-order valence-electron chi connectivity index (χ0n) is 12.0. The minimum absolute atomic E-state index is 0.180. The number of aromatic nitrogens is 2. The lowest BCUT2D eigenvalue weighted by Gasteiger charge is -2.04. The van der Waals surface area contributed by atoms with Crippen molar-refractivity contribution in [1.29, 1.82) is 0 Å². The van der Waals surface area contributed by atoms with E-state index in [1.807, 2.05) is 48.5 Å². The molecule has 23 heavy (non-hydrogen) atoms. The van der Waals surface area contributed by atoms with Crippen LogP contribution < -0.4 is 5.32 Å². The van der Waals surface area contributed by atoms with Gasteiger partial charge in [-0.3, -0.25) is 9.89 Å². The summed E-state index contributed by atoms with van der Waals surface area (Å²) in [5.74, 6) is -0.180. The van der Waals surface area contributed by atoms with Crippen molar-refractivity contribution in [3.05, 3.63) is 74.8 Å². The Bertz CT molecular complexity index is 828. The summed E-state index contributed by atoms with van der Waals surface area (Å²) in [6.45, 7) is 0.463. The average Bonchev–Trinajstić information content (AvgIpc) is 3.03. The number of aromatic amines is 1. The molecule has 0 radical (unpaired) electrons. The molecule has 0 spiro atoms. The van der Waals surface area contributed by atoms with Crippen molar-refractivity contribution >= 4 is 37.8 Å². The van der Waals surface area contributed by atoms with Gasteiger partial charge < -0.3 is 5.32 Å². The topological polar surface area (TPSA) is 57.8 Å². The first-order valence-corrected chi connectivity index (χ1v) is 8.54. The number of rotatable bonds is 4. The summed E-state index contributed by atoms with van der Waals surface area (Å²) < 4.78 is 1.99. The Kier molecular flexibility index (Phi) is 4.93. The zero-order chi connectivity index (χ0) is 16.2. The molecule has 6 heteroatoms. The molecule has 0 atom stereocenters. The fourth-order valence-electron chi connectivity index (χ4n) is 2.13. The second-order valence-electron chi connectivity index (χ2n) is 4.99. The highest BCUT2D eigenvalue weighted by atomic mass is 79.9. The fourth-order valence-corrected chi connectivity index (χ4v) is 2.84. The lowest BCUT2D eigenvalue weighted by molar-refractivity contribution is 0.0946. The van der Waals surface area contributed by atoms with E-state index >= 15 is 0 Å². The van der Waals surface area contributed by atoms with Gasteiger partial charge in [-0.1, -0.05) is 56.1 Å². The van der Waals surface area contributed by atoms with Gasteiger partial charge in [-0.05, 0) is 35.9 Å². The number of hydrogen-bond acceptors (Lipinski definition) is 2. The molecule has 2 N–H and O–H groups in total. The van der Waals surface area contributed by atoms with E-state index in [2.05, 4.69) is 47.4 Å². The van der Waals surface area contributed by atoms with Crippen LogP contribution in [0.25, 0.3) is 11.3 Å². The highest BCUT2D eigenvalue weighted by Gasteiger charge is 2.10. The standard InChI is InChI=1S/C17H13Br2N3O/c18-13-6-4-12(5-7-13)15-9-16(22-21-15)17(23)20-10-11-2-1-3-14(19)8-11/h1-9H,10H2,(H,20,23)(H,21,22). The first kappa shape index (κ1) is 16.0. The van der Waals surface area contributed by atoms with E-state index in [-0.39, 0.29) is 5.91 Å². The van der Waals surface area contributed by atoms with Crippen LogP contribution in [0.3, 0.4) is 0 Å². The molecule has 2 aromatic carbocycles. The third-order valence-electron chi connectivity index (χ3n) is 3.30. The Morgan fingerprint density at radius 1 is 1.04 bits per heavy atom. The van der Waals surface area contributed by atoms with Crippen LogP contribution in [-0.4, -0.2) is 16.1 Å². The smallest absolute Gasteiger partial charge is 0.269 e. The normalized spacial score (nSPS) is 10.5. The molecule has 1 heterocycles. The number of nitrogens with zero attached hydrogens (tertiary/aromatic N) is 1. The van der Waals surface area contributed by atoms with E-state index in [0.717, 1.165) is 25.8 Å². The predicted octanol–water partition coefficient (Wildman–Crippen LogP) is 4.53. The van der Waals surface area contributed by atoms with Crippen molar-refractivity contribution in [1.82, 2.24) is 15.5 Å². The number of carbonyl (C=O) groups is 1. The molecule has 0 unspecified atom stereocenters. The molecule has 0 saturated heterocycles. The van der Waals surface area contributed by atoms with Crippen molar-refractivity contribution in [2.75, 3.05) is 0 Å². The zero-order valence-corrected chi connectivity index (χ0v) is 15.2. The van der Waals surface area contributed by atoms with Crippen molar-refractivity contribution in [2.24, 2.45) is 0 Å². The molecule has 3 aromatic rings. The summed E-state index contributed by atoms with van der Waals surface area (Å²) in [4.78, 5) is 12.2. The van der Waals surface area contributed by atoms with Crippen LogP contribution in [0.4, 0.5) is 0 Å². The van der Waals surface area contributed by atoms with E-state index in [1.54, 1.807) is 6.07 Å². The van der Waals surface area contributed by atoms with Gasteiger partial charge in [0, 0.05) is 21.1 Å². The van der Waals surface area contributed by atoms with E-state index < -0.39 is 0 Å². The van der Waals surface area contributed by atoms with Gasteiger partial charge in [-0.25, -0.2) is 0 Å². The summed E-state index contributed by atoms with van der Waals surface area (Å²) in [5, 5.41) is 9.86. The second kappa shape index (κ2) is 7.10. The molecule has 0 bridgehead atoms. The van der Waals surface area contributed by atoms with Gasteiger partial charge in [0.2, 0.25) is 0 Å². The Hall–Kier alpha value is -1.92. The molecule has 0 aliphatic heterocycles. The molecular weight excluding hydrogens is 422 g/mol. The number of benzene rings is 2. The third kappa shape index (κ3) is 4.09. The summed E-state index contributed by atoms with van der Waals surface area (Å²) >= 11 is 6.81. The summed E-state index contributed by atoms with van der Waals surface area (Å²) in [7, 11) is 0. The maximum Gasteiger partial charge on any atom is 0.269 e. The average molecular weight is 435 g/mol. The van der Waals surface area contributed by atoms with Crippen molar-refractivity contribution in [2.45, 2.75) is 6.54 Å². The fraction of sp³-hybridized carbons (Fsp3) is 0.0588. The SMILES string of the molecule is O=C(NCc1cccc(Br)c1)c1cc(-c2ccc(Br)cc2)n[nH]1. The van der Waals surface area contributed by atoms with Gasteiger partial charge in [0.1, 0.15) is 5.69 Å². The van der Waals surface area contributed by atoms with Gasteiger partial charge >= 0.3 is 0 Å². The first-order valence-electron chi connectivity index (χ1n) is 6.96. The molecular formula is C17H13Br2N3O. The van der Waals surface area contributed by atoms with E-state index in [0.29, 0.717) is 12.2 Å². The van der Waals surface area contributed by atoms with Crippen LogP contribution in [-0.2, 0) is 6.54 Å². The lowest BCUT2D eigenvalue weighted by Crippen LogP contribution is -2.23. The molecule has 0 saturated carbocycles. The second-order valence-corrected chi connectivity index (χ2v) is 6.82. The van der Waals surface area contributed by atoms with E-state index in [9.17, 15) is 4.79 Å². The number of H-pyrrole nitrogens is 1. The van der Waals surface area contributed by atoms with Crippen LogP contribution in [0.1, 0.15) is 16.1 Å². The predicted molar refractivity (Wildman–Crippen MR) is 97.0 cm³/mol. The summed E-state index contributed by atoms with van der Waals surface area (Å²) in [5.41, 5.74) is 3.17. The summed E-state index contributed by atoms with van der Waals surface area (Å²) in [6, 6.07) is 17.4. The molecule has 1 aromatic heterocycles. The number of halogens is 2. The molecule has 116 valence electrons. The maximum absolute atomic E-state index is 12.2. The Morgan fingerprint density at radius 2 is 1.83 bits per heavy atom. The number of hydrogen-bond donors (Lipinski definition) is 2. The Balaban J connectivity index is 1.67. The van der Waals surface area contributed by atoms with Crippen LogP contribution in [0.5, 0.6) is 0 Å². The van der Waals surface area contributed by atoms with Crippen LogP contribution in [0.2, 0.25) is 0 Å². The molecule has 1 amide bonds. The van der Waals surface area contributed by atoms with Crippen LogP contribution in [0.15, 0.2) is 63.5 Å². The van der Waals surface area contributed by atoms with Gasteiger partial charge in [0.15, 0.2) is 0 Å². The van der Waals surface area contributed by atoms with E-state index in [4.69, 9.17) is 0 Å². The van der Waals surface area contributed by atoms with Gasteiger partial charge in [0.25, 0.3) is 5.91 Å². The van der Waals surface area contributed by atoms with Gasteiger partial charge in [0.05, 0.1) is 5.69 Å². The number of amides is 1. The minimum atomic E-state index is -0.180. The molecule has 4 nitrogen and oxygen atoms in total. The molecule has 3 rings (SSSR count).